The van der Waals surface area contributed by atoms with Gasteiger partial charge in [-0.1, -0.05) is 12.2 Å². The number of hydrazine groups is 1. The summed E-state index contributed by atoms with van der Waals surface area (Å²) in [6.07, 6.45) is 1.91. The fraction of sp³-hybridized carbons (Fsp3) is 0.250. The molecule has 3 nitrogen and oxygen atoms in total. The Morgan fingerprint density at radius 3 is 2.88 bits per heavy atom. The van der Waals surface area contributed by atoms with Gasteiger partial charge in [-0.25, -0.2) is 5.43 Å². The zero-order valence-corrected chi connectivity index (χ0v) is 5.09. The van der Waals surface area contributed by atoms with E-state index in [1.807, 2.05) is 6.08 Å². The zero-order chi connectivity index (χ0) is 5.98. The molecule has 0 fully saturated rings. The Bertz CT molecular complexity index is 140. The van der Waals surface area contributed by atoms with Gasteiger partial charge in [-0.3, -0.25) is 0 Å². The Morgan fingerprint density at radius 2 is 2.62 bits per heavy atom. The van der Waals surface area contributed by atoms with E-state index in [0.717, 1.165) is 12.2 Å². The molecule has 0 atom stereocenters. The van der Waals surface area contributed by atoms with Crippen molar-refractivity contribution in [2.45, 2.75) is 0 Å². The van der Waals surface area contributed by atoms with Crippen LogP contribution in [0.5, 0.6) is 0 Å². The Labute approximate surface area is 52.9 Å². The van der Waals surface area contributed by atoms with Crippen molar-refractivity contribution in [2.75, 3.05) is 6.54 Å². The summed E-state index contributed by atoms with van der Waals surface area (Å²) in [7, 11) is 0. The van der Waals surface area contributed by atoms with E-state index < -0.39 is 0 Å². The molecule has 1 heterocycles. The lowest BCUT2D eigenvalue weighted by Gasteiger charge is -1.97. The molecule has 8 heavy (non-hydrogen) atoms. The van der Waals surface area contributed by atoms with Crippen LogP contribution in [-0.2, 0) is 0 Å². The van der Waals surface area contributed by atoms with Gasteiger partial charge in [0.25, 0.3) is 0 Å². The summed E-state index contributed by atoms with van der Waals surface area (Å²) in [4.78, 5) is 0.412. The van der Waals surface area contributed by atoms with Crippen LogP contribution >= 0.6 is 12.2 Å². The van der Waals surface area contributed by atoms with E-state index in [0.29, 0.717) is 4.99 Å². The van der Waals surface area contributed by atoms with E-state index >= 15 is 0 Å². The first-order valence-electron chi connectivity index (χ1n) is 2.29. The molecule has 0 radical (unpaired) electrons. The first-order valence-corrected chi connectivity index (χ1v) is 2.70. The molecule has 0 saturated carbocycles. The molecule has 0 aliphatic carbocycles. The SMILES string of the molecule is NC(=S)C1=CCNN1. The highest BCUT2D eigenvalue weighted by Gasteiger charge is 2.02. The van der Waals surface area contributed by atoms with Crippen molar-refractivity contribution in [3.63, 3.8) is 0 Å². The first-order chi connectivity index (χ1) is 3.80. The largest absolute Gasteiger partial charge is 0.388 e. The van der Waals surface area contributed by atoms with Gasteiger partial charge in [0.05, 0.1) is 5.70 Å². The number of hydrogen-bond acceptors (Lipinski definition) is 3. The zero-order valence-electron chi connectivity index (χ0n) is 4.27. The Kier molecular flexibility index (Phi) is 1.45. The molecule has 0 aromatic carbocycles. The number of nitrogens with two attached hydrogens (primary N) is 1. The summed E-state index contributed by atoms with van der Waals surface area (Å²) in [5.41, 5.74) is 11.7. The third kappa shape index (κ3) is 0.962. The van der Waals surface area contributed by atoms with Crippen LogP contribution in [-0.4, -0.2) is 11.5 Å². The van der Waals surface area contributed by atoms with E-state index in [1.54, 1.807) is 0 Å². The van der Waals surface area contributed by atoms with Gasteiger partial charge in [-0.2, -0.15) is 0 Å². The molecule has 0 spiro atoms. The monoisotopic (exact) mass is 129 g/mol. The average Bonchev–Trinajstić information content (AvgIpc) is 2.12. The van der Waals surface area contributed by atoms with Crippen LogP contribution in [0.2, 0.25) is 0 Å². The van der Waals surface area contributed by atoms with Gasteiger partial charge >= 0.3 is 0 Å². The van der Waals surface area contributed by atoms with Crippen molar-refractivity contribution >= 4 is 17.2 Å². The minimum absolute atomic E-state index is 0.412. The Morgan fingerprint density at radius 1 is 1.88 bits per heavy atom. The highest BCUT2D eigenvalue weighted by Crippen LogP contribution is 1.90. The summed E-state index contributed by atoms with van der Waals surface area (Å²) in [6.45, 7) is 0.798. The number of rotatable bonds is 1. The maximum absolute atomic E-state index is 5.26. The van der Waals surface area contributed by atoms with E-state index in [1.165, 1.54) is 0 Å². The molecule has 0 amide bonds. The van der Waals surface area contributed by atoms with Crippen LogP contribution in [0, 0.1) is 0 Å². The quantitative estimate of drug-likeness (QED) is 0.408. The average molecular weight is 129 g/mol. The molecule has 0 aromatic rings. The highest BCUT2D eigenvalue weighted by molar-refractivity contribution is 7.80. The van der Waals surface area contributed by atoms with Gasteiger partial charge in [-0.15, -0.1) is 0 Å². The van der Waals surface area contributed by atoms with Gasteiger partial charge < -0.3 is 11.2 Å². The second-order valence-corrected chi connectivity index (χ2v) is 1.93. The molecule has 0 saturated heterocycles. The molecule has 4 heteroatoms. The van der Waals surface area contributed by atoms with Crippen LogP contribution < -0.4 is 16.6 Å². The second-order valence-electron chi connectivity index (χ2n) is 1.49. The minimum atomic E-state index is 0.412. The topological polar surface area (TPSA) is 50.1 Å². The highest BCUT2D eigenvalue weighted by atomic mass is 32.1. The lowest BCUT2D eigenvalue weighted by Crippen LogP contribution is -2.29. The molecule has 1 aliphatic heterocycles. The van der Waals surface area contributed by atoms with Gasteiger partial charge in [0, 0.05) is 6.54 Å². The van der Waals surface area contributed by atoms with Gasteiger partial charge in [0.1, 0.15) is 4.99 Å². The fourth-order valence-corrected chi connectivity index (χ4v) is 0.647. The normalized spacial score (nSPS) is 17.2. The van der Waals surface area contributed by atoms with Crippen LogP contribution in [0.4, 0.5) is 0 Å². The lowest BCUT2D eigenvalue weighted by molar-refractivity contribution is 0.715. The molecule has 1 aliphatic rings. The molecule has 44 valence electrons. The van der Waals surface area contributed by atoms with E-state index in [4.69, 9.17) is 5.73 Å². The molecule has 4 N–H and O–H groups in total. The number of hydrogen-bond donors (Lipinski definition) is 3. The maximum atomic E-state index is 5.26. The van der Waals surface area contributed by atoms with E-state index in [9.17, 15) is 0 Å². The van der Waals surface area contributed by atoms with Crippen molar-refractivity contribution in [3.8, 4) is 0 Å². The lowest BCUT2D eigenvalue weighted by atomic mass is 10.4. The van der Waals surface area contributed by atoms with Crippen molar-refractivity contribution in [2.24, 2.45) is 5.73 Å². The van der Waals surface area contributed by atoms with Crippen molar-refractivity contribution in [3.05, 3.63) is 11.8 Å². The Hall–Kier alpha value is -0.610. The third-order valence-electron chi connectivity index (χ3n) is 0.897. The van der Waals surface area contributed by atoms with Crippen LogP contribution in [0.15, 0.2) is 11.8 Å². The summed E-state index contributed by atoms with van der Waals surface area (Å²) < 4.78 is 0. The molecular formula is C4H7N3S. The Balaban J connectivity index is 2.57. The van der Waals surface area contributed by atoms with Crippen molar-refractivity contribution < 1.29 is 0 Å². The fourth-order valence-electron chi connectivity index (χ4n) is 0.513. The summed E-state index contributed by atoms with van der Waals surface area (Å²) in [5, 5.41) is 0. The predicted octanol–water partition coefficient (Wildman–Crippen LogP) is -0.736. The van der Waals surface area contributed by atoms with E-state index in [-0.39, 0.29) is 0 Å². The smallest absolute Gasteiger partial charge is 0.121 e. The second kappa shape index (κ2) is 2.11. The van der Waals surface area contributed by atoms with Crippen molar-refractivity contribution in [1.29, 1.82) is 0 Å². The molecule has 0 aromatic heterocycles. The maximum Gasteiger partial charge on any atom is 0.121 e. The van der Waals surface area contributed by atoms with Gasteiger partial charge in [0.2, 0.25) is 0 Å². The molecular weight excluding hydrogens is 122 g/mol. The van der Waals surface area contributed by atoms with Crippen LogP contribution in [0.1, 0.15) is 0 Å². The molecule has 1 rings (SSSR count). The van der Waals surface area contributed by atoms with Gasteiger partial charge in [0.15, 0.2) is 0 Å². The third-order valence-corrected chi connectivity index (χ3v) is 1.12. The molecule has 0 bridgehead atoms. The first kappa shape index (κ1) is 5.53. The van der Waals surface area contributed by atoms with Crippen LogP contribution in [0.25, 0.3) is 0 Å². The summed E-state index contributed by atoms with van der Waals surface area (Å²) >= 11 is 4.66. The standard InChI is InChI=1S/C4H7N3S/c5-4(8)3-1-2-6-7-3/h1,6-7H,2H2,(H2,5,8). The summed E-state index contributed by atoms with van der Waals surface area (Å²) in [5.74, 6) is 0. The van der Waals surface area contributed by atoms with Crippen molar-refractivity contribution in [1.82, 2.24) is 10.9 Å². The number of thiocarbonyl (C=S) groups is 1. The van der Waals surface area contributed by atoms with E-state index in [2.05, 4.69) is 23.1 Å². The molecule has 0 unspecified atom stereocenters. The minimum Gasteiger partial charge on any atom is -0.388 e. The predicted molar refractivity (Wildman–Crippen MR) is 36.0 cm³/mol. The van der Waals surface area contributed by atoms with Gasteiger partial charge in [-0.05, 0) is 6.08 Å². The van der Waals surface area contributed by atoms with Crippen LogP contribution in [0.3, 0.4) is 0 Å². The summed E-state index contributed by atoms with van der Waals surface area (Å²) in [6, 6.07) is 0. The number of nitrogens with one attached hydrogen (secondary N) is 2.